The van der Waals surface area contributed by atoms with Crippen LogP contribution < -0.4 is 10.2 Å². The number of anilines is 2. The van der Waals surface area contributed by atoms with Gasteiger partial charge < -0.3 is 10.2 Å². The van der Waals surface area contributed by atoms with E-state index in [0.29, 0.717) is 12.1 Å². The third-order valence-corrected chi connectivity index (χ3v) is 7.55. The predicted molar refractivity (Wildman–Crippen MR) is 139 cm³/mol. The highest BCUT2D eigenvalue weighted by molar-refractivity contribution is 7.99. The fraction of sp³-hybridized carbons (Fsp3) is 0.345. The smallest absolute Gasteiger partial charge is 0.251 e. The van der Waals surface area contributed by atoms with Crippen molar-refractivity contribution in [3.8, 4) is 0 Å². The molecule has 3 nitrogen and oxygen atoms in total. The van der Waals surface area contributed by atoms with Gasteiger partial charge in [0.1, 0.15) is 0 Å². The maximum Gasteiger partial charge on any atom is 0.251 e. The van der Waals surface area contributed by atoms with Gasteiger partial charge in [0.25, 0.3) is 5.91 Å². The van der Waals surface area contributed by atoms with Gasteiger partial charge in [0.15, 0.2) is 0 Å². The number of hydrogen-bond acceptors (Lipinski definition) is 3. The maximum atomic E-state index is 12.7. The number of nitrogens with one attached hydrogen (secondary N) is 1. The van der Waals surface area contributed by atoms with E-state index >= 15 is 0 Å². The molecule has 1 N–H and O–H groups in total. The molecule has 0 heterocycles. The largest absolute Gasteiger partial charge is 0.348 e. The molecule has 0 atom stereocenters. The van der Waals surface area contributed by atoms with Crippen molar-refractivity contribution >= 4 is 29.0 Å². The average Bonchev–Trinajstić information content (AvgIpc) is 3.76. The first kappa shape index (κ1) is 22.1. The fourth-order valence-corrected chi connectivity index (χ4v) is 4.96. The monoisotopic (exact) mass is 456 g/mol. The number of amides is 1. The summed E-state index contributed by atoms with van der Waals surface area (Å²) >= 11 is 1.83. The first-order chi connectivity index (χ1) is 16.1. The van der Waals surface area contributed by atoms with Crippen molar-refractivity contribution in [3.05, 3.63) is 89.0 Å². The minimum atomic E-state index is -0.0389. The molecule has 0 aliphatic heterocycles. The van der Waals surface area contributed by atoms with E-state index in [1.54, 1.807) is 0 Å². The zero-order valence-corrected chi connectivity index (χ0v) is 20.3. The van der Waals surface area contributed by atoms with Gasteiger partial charge in [0.05, 0.1) is 0 Å². The number of rotatable bonds is 9. The van der Waals surface area contributed by atoms with Crippen LogP contribution in [-0.4, -0.2) is 18.7 Å². The quantitative estimate of drug-likeness (QED) is 0.344. The van der Waals surface area contributed by atoms with Gasteiger partial charge in [-0.1, -0.05) is 25.1 Å². The first-order valence-corrected chi connectivity index (χ1v) is 13.1. The molecule has 0 unspecified atom stereocenters. The third-order valence-electron chi connectivity index (χ3n) is 6.65. The van der Waals surface area contributed by atoms with Crippen molar-refractivity contribution in [3.63, 3.8) is 0 Å². The van der Waals surface area contributed by atoms with Gasteiger partial charge in [-0.15, -0.1) is 11.8 Å². The van der Waals surface area contributed by atoms with Crippen LogP contribution in [0.1, 0.15) is 71.5 Å². The highest BCUT2D eigenvalue weighted by Crippen LogP contribution is 2.46. The lowest BCUT2D eigenvalue weighted by molar-refractivity contribution is 0.0951. The minimum absolute atomic E-state index is 0.0389. The van der Waals surface area contributed by atoms with E-state index in [1.807, 2.05) is 36.0 Å². The van der Waals surface area contributed by atoms with E-state index in [0.717, 1.165) is 28.8 Å². The Kier molecular flexibility index (Phi) is 6.45. The summed E-state index contributed by atoms with van der Waals surface area (Å²) in [6.45, 7) is 2.69. The maximum absolute atomic E-state index is 12.7. The standard InChI is InChI=1S/C29H32N2OS/c1-3-33-28-14-4-20(5-15-28)19-30-29(32)23-10-12-26(13-11-23)31(2)27-17-24(21-6-7-21)16-25(18-27)22-8-9-22/h4-5,10-18,21-22H,3,6-9,19H2,1-2H3,(H,30,32). The molecule has 0 bridgehead atoms. The van der Waals surface area contributed by atoms with Crippen LogP contribution in [0, 0.1) is 0 Å². The summed E-state index contributed by atoms with van der Waals surface area (Å²) in [6, 6.07) is 23.5. The lowest BCUT2D eigenvalue weighted by Crippen LogP contribution is -2.22. The second-order valence-corrected chi connectivity index (χ2v) is 10.6. The highest BCUT2D eigenvalue weighted by atomic mass is 32.2. The predicted octanol–water partition coefficient (Wildman–Crippen LogP) is 7.25. The van der Waals surface area contributed by atoms with Crippen LogP contribution in [0.3, 0.4) is 0 Å². The normalized spacial score (nSPS) is 15.3. The van der Waals surface area contributed by atoms with Crippen LogP contribution >= 0.6 is 11.8 Å². The van der Waals surface area contributed by atoms with E-state index in [1.165, 1.54) is 47.4 Å². The van der Waals surface area contributed by atoms with E-state index in [-0.39, 0.29) is 5.91 Å². The Morgan fingerprint density at radius 3 is 2.03 bits per heavy atom. The molecule has 0 spiro atoms. The molecule has 3 aromatic rings. The second-order valence-electron chi connectivity index (χ2n) is 9.27. The topological polar surface area (TPSA) is 32.3 Å². The summed E-state index contributed by atoms with van der Waals surface area (Å²) in [5.41, 5.74) is 7.16. The van der Waals surface area contributed by atoms with Gasteiger partial charge in [-0.2, -0.15) is 0 Å². The molecular formula is C29H32N2OS. The van der Waals surface area contributed by atoms with Gasteiger partial charge in [-0.25, -0.2) is 0 Å². The fourth-order valence-electron chi connectivity index (χ4n) is 4.30. The summed E-state index contributed by atoms with van der Waals surface area (Å²) < 4.78 is 0. The Hall–Kier alpha value is -2.72. The van der Waals surface area contributed by atoms with Crippen molar-refractivity contribution in [1.29, 1.82) is 0 Å². The molecule has 1 amide bonds. The Morgan fingerprint density at radius 2 is 1.48 bits per heavy atom. The number of benzene rings is 3. The molecule has 170 valence electrons. The molecule has 0 aromatic heterocycles. The summed E-state index contributed by atoms with van der Waals surface area (Å²) in [4.78, 5) is 16.2. The number of carbonyl (C=O) groups excluding carboxylic acids is 1. The minimum Gasteiger partial charge on any atom is -0.348 e. The summed E-state index contributed by atoms with van der Waals surface area (Å²) in [5, 5.41) is 3.04. The van der Waals surface area contributed by atoms with E-state index in [2.05, 4.69) is 66.7 Å². The zero-order chi connectivity index (χ0) is 22.8. The van der Waals surface area contributed by atoms with Crippen LogP contribution in [0.2, 0.25) is 0 Å². The SMILES string of the molecule is CCSc1ccc(CNC(=O)c2ccc(N(C)c3cc(C4CC4)cc(C4CC4)c3)cc2)cc1. The van der Waals surface area contributed by atoms with Gasteiger partial charge in [0.2, 0.25) is 0 Å². The van der Waals surface area contributed by atoms with E-state index in [4.69, 9.17) is 0 Å². The van der Waals surface area contributed by atoms with Gasteiger partial charge in [0, 0.05) is 35.4 Å². The van der Waals surface area contributed by atoms with Crippen LogP contribution in [-0.2, 0) is 6.54 Å². The van der Waals surface area contributed by atoms with Crippen LogP contribution in [0.4, 0.5) is 11.4 Å². The molecular weight excluding hydrogens is 424 g/mol. The number of thioether (sulfide) groups is 1. The summed E-state index contributed by atoms with van der Waals surface area (Å²) in [5.74, 6) is 2.53. The van der Waals surface area contributed by atoms with Crippen molar-refractivity contribution in [2.75, 3.05) is 17.7 Å². The molecule has 2 aliphatic carbocycles. The molecule has 4 heteroatoms. The van der Waals surface area contributed by atoms with Crippen molar-refractivity contribution < 1.29 is 4.79 Å². The van der Waals surface area contributed by atoms with Crippen molar-refractivity contribution in [1.82, 2.24) is 5.32 Å². The molecule has 33 heavy (non-hydrogen) atoms. The molecule has 2 saturated carbocycles. The second kappa shape index (κ2) is 9.64. The van der Waals surface area contributed by atoms with Crippen molar-refractivity contribution in [2.24, 2.45) is 0 Å². The van der Waals surface area contributed by atoms with Crippen LogP contribution in [0.15, 0.2) is 71.6 Å². The third kappa shape index (κ3) is 5.44. The van der Waals surface area contributed by atoms with Crippen molar-refractivity contribution in [2.45, 2.75) is 55.9 Å². The lowest BCUT2D eigenvalue weighted by atomic mass is 10.0. The number of nitrogens with zero attached hydrogens (tertiary/aromatic N) is 1. The Labute approximate surface area is 201 Å². The molecule has 2 aliphatic rings. The summed E-state index contributed by atoms with van der Waals surface area (Å²) in [6.07, 6.45) is 5.29. The van der Waals surface area contributed by atoms with Crippen LogP contribution in [0.5, 0.6) is 0 Å². The molecule has 2 fully saturated rings. The van der Waals surface area contributed by atoms with Gasteiger partial charge in [-0.05, 0) is 108 Å². The molecule has 0 saturated heterocycles. The molecule has 0 radical (unpaired) electrons. The highest BCUT2D eigenvalue weighted by Gasteiger charge is 2.29. The lowest BCUT2D eigenvalue weighted by Gasteiger charge is -2.22. The Balaban J connectivity index is 1.24. The Bertz CT molecular complexity index is 1090. The van der Waals surface area contributed by atoms with Gasteiger partial charge in [-0.3, -0.25) is 4.79 Å². The average molecular weight is 457 g/mol. The van der Waals surface area contributed by atoms with Crippen LogP contribution in [0.25, 0.3) is 0 Å². The zero-order valence-electron chi connectivity index (χ0n) is 19.5. The first-order valence-electron chi connectivity index (χ1n) is 12.1. The van der Waals surface area contributed by atoms with E-state index < -0.39 is 0 Å². The molecule has 3 aromatic carbocycles. The van der Waals surface area contributed by atoms with E-state index in [9.17, 15) is 4.79 Å². The van der Waals surface area contributed by atoms with Gasteiger partial charge >= 0.3 is 0 Å². The number of hydrogen-bond donors (Lipinski definition) is 1. The summed E-state index contributed by atoms with van der Waals surface area (Å²) in [7, 11) is 2.12. The number of carbonyl (C=O) groups is 1. The Morgan fingerprint density at radius 1 is 0.879 bits per heavy atom. The molecule has 5 rings (SSSR count).